The first-order valence-electron chi connectivity index (χ1n) is 4.66. The molecule has 0 aliphatic carbocycles. The monoisotopic (exact) mass is 203 g/mol. The van der Waals surface area contributed by atoms with Gasteiger partial charge in [0.1, 0.15) is 6.29 Å². The van der Waals surface area contributed by atoms with Crippen LogP contribution >= 0.6 is 0 Å². The van der Waals surface area contributed by atoms with Crippen LogP contribution in [0.15, 0.2) is 24.3 Å². The van der Waals surface area contributed by atoms with E-state index in [-0.39, 0.29) is 5.78 Å². The highest BCUT2D eigenvalue weighted by atomic mass is 16.1. The molecule has 1 rings (SSSR count). The van der Waals surface area contributed by atoms with Gasteiger partial charge in [0.25, 0.3) is 0 Å². The molecule has 78 valence electrons. The number of benzene rings is 1. The van der Waals surface area contributed by atoms with Crippen LogP contribution in [0.2, 0.25) is 0 Å². The summed E-state index contributed by atoms with van der Waals surface area (Å²) in [6.45, 7) is 1.48. The smallest absolute Gasteiger partial charge is 0.161 e. The Hall–Kier alpha value is -1.90. The number of anilines is 1. The normalized spacial score (nSPS) is 10.5. The molecule has 0 saturated carbocycles. The summed E-state index contributed by atoms with van der Waals surface area (Å²) in [6.07, 6.45) is 4.72. The molecule has 0 saturated heterocycles. The number of nitrogen functional groups attached to an aromatic ring is 1. The van der Waals surface area contributed by atoms with Gasteiger partial charge in [-0.1, -0.05) is 18.2 Å². The van der Waals surface area contributed by atoms with Gasteiger partial charge in [-0.3, -0.25) is 4.79 Å². The molecule has 0 atom stereocenters. The Bertz CT molecular complexity index is 408. The molecule has 0 radical (unpaired) electrons. The Labute approximate surface area is 88.6 Å². The fourth-order valence-corrected chi connectivity index (χ4v) is 1.24. The molecule has 0 aliphatic heterocycles. The summed E-state index contributed by atoms with van der Waals surface area (Å²) in [4.78, 5) is 21.3. The van der Waals surface area contributed by atoms with E-state index in [0.717, 1.165) is 11.8 Å². The minimum absolute atomic E-state index is 0.0573. The highest BCUT2D eigenvalue weighted by Gasteiger charge is 2.03. The van der Waals surface area contributed by atoms with Crippen molar-refractivity contribution in [2.75, 3.05) is 5.73 Å². The number of Topliss-reactive ketones (excluding diaryl/α,β-unsaturated/α-hetero) is 1. The first kappa shape index (κ1) is 11.2. The lowest BCUT2D eigenvalue weighted by atomic mass is 10.1. The Kier molecular flexibility index (Phi) is 3.80. The van der Waals surface area contributed by atoms with Gasteiger partial charge in [-0.15, -0.1) is 0 Å². The second-order valence-electron chi connectivity index (χ2n) is 3.21. The van der Waals surface area contributed by atoms with Crippen LogP contribution in [0, 0.1) is 0 Å². The number of nitrogens with two attached hydrogens (primary N) is 1. The van der Waals surface area contributed by atoms with Gasteiger partial charge in [0.15, 0.2) is 5.78 Å². The third-order valence-electron chi connectivity index (χ3n) is 2.00. The standard InChI is InChI=1S/C12H13NO2/c1-9(15)11-8-10(4-2-3-7-14)5-6-12(11)13/h2,4-8H,3,13H2,1H3. The molecule has 0 bridgehead atoms. The van der Waals surface area contributed by atoms with E-state index in [4.69, 9.17) is 5.73 Å². The van der Waals surface area contributed by atoms with Crippen molar-refractivity contribution >= 4 is 23.8 Å². The largest absolute Gasteiger partial charge is 0.398 e. The predicted molar refractivity (Wildman–Crippen MR) is 60.6 cm³/mol. The summed E-state index contributed by atoms with van der Waals surface area (Å²) < 4.78 is 0. The lowest BCUT2D eigenvalue weighted by Gasteiger charge is -2.02. The van der Waals surface area contributed by atoms with E-state index in [9.17, 15) is 9.59 Å². The lowest BCUT2D eigenvalue weighted by molar-refractivity contribution is -0.107. The number of hydrogen-bond acceptors (Lipinski definition) is 3. The summed E-state index contributed by atoms with van der Waals surface area (Å²) in [7, 11) is 0. The first-order chi connectivity index (χ1) is 7.15. The molecular formula is C12H13NO2. The van der Waals surface area contributed by atoms with Gasteiger partial charge in [0, 0.05) is 17.7 Å². The number of hydrogen-bond donors (Lipinski definition) is 1. The van der Waals surface area contributed by atoms with Crippen LogP contribution in [0.25, 0.3) is 6.08 Å². The minimum Gasteiger partial charge on any atom is -0.398 e. The molecule has 0 amide bonds. The van der Waals surface area contributed by atoms with Crippen molar-refractivity contribution in [2.24, 2.45) is 0 Å². The van der Waals surface area contributed by atoms with Gasteiger partial charge in [0.2, 0.25) is 0 Å². The third-order valence-corrected chi connectivity index (χ3v) is 2.00. The van der Waals surface area contributed by atoms with Crippen molar-refractivity contribution in [1.82, 2.24) is 0 Å². The zero-order valence-corrected chi connectivity index (χ0v) is 8.57. The van der Waals surface area contributed by atoms with Crippen LogP contribution in [0.3, 0.4) is 0 Å². The second kappa shape index (κ2) is 5.10. The maximum absolute atomic E-state index is 11.2. The van der Waals surface area contributed by atoms with Crippen LogP contribution in [-0.2, 0) is 4.79 Å². The number of carbonyl (C=O) groups is 2. The zero-order chi connectivity index (χ0) is 11.3. The molecule has 15 heavy (non-hydrogen) atoms. The predicted octanol–water partition coefficient (Wildman–Crippen LogP) is 2.07. The van der Waals surface area contributed by atoms with Crippen LogP contribution < -0.4 is 5.73 Å². The van der Waals surface area contributed by atoms with Crippen LogP contribution in [0.1, 0.15) is 29.3 Å². The molecule has 1 aromatic rings. The van der Waals surface area contributed by atoms with Gasteiger partial charge >= 0.3 is 0 Å². The Morgan fingerprint density at radius 3 is 2.80 bits per heavy atom. The van der Waals surface area contributed by atoms with Gasteiger partial charge in [-0.05, 0) is 24.6 Å². The highest BCUT2D eigenvalue weighted by molar-refractivity contribution is 5.99. The van der Waals surface area contributed by atoms with Gasteiger partial charge in [-0.25, -0.2) is 0 Å². The van der Waals surface area contributed by atoms with E-state index >= 15 is 0 Å². The van der Waals surface area contributed by atoms with Crippen LogP contribution in [-0.4, -0.2) is 12.1 Å². The average Bonchev–Trinajstić information content (AvgIpc) is 2.20. The maximum Gasteiger partial charge on any atom is 0.161 e. The number of allylic oxidation sites excluding steroid dienone is 1. The SMILES string of the molecule is CC(=O)c1cc(C=CCC=O)ccc1N. The molecule has 1 aromatic carbocycles. The first-order valence-corrected chi connectivity index (χ1v) is 4.66. The summed E-state index contributed by atoms with van der Waals surface area (Å²) >= 11 is 0. The molecule has 0 spiro atoms. The topological polar surface area (TPSA) is 60.2 Å². The van der Waals surface area contributed by atoms with Gasteiger partial charge in [0.05, 0.1) is 0 Å². The molecule has 0 aromatic heterocycles. The molecule has 0 aliphatic rings. The molecule has 0 fully saturated rings. The number of carbonyl (C=O) groups excluding carboxylic acids is 2. The molecule has 0 unspecified atom stereocenters. The van der Waals surface area contributed by atoms with Crippen molar-refractivity contribution < 1.29 is 9.59 Å². The Morgan fingerprint density at radius 2 is 2.20 bits per heavy atom. The quantitative estimate of drug-likeness (QED) is 0.463. The van der Waals surface area contributed by atoms with Crippen molar-refractivity contribution in [1.29, 1.82) is 0 Å². The van der Waals surface area contributed by atoms with Gasteiger partial charge < -0.3 is 10.5 Å². The van der Waals surface area contributed by atoms with Gasteiger partial charge in [-0.2, -0.15) is 0 Å². The van der Waals surface area contributed by atoms with E-state index in [1.807, 2.05) is 6.07 Å². The van der Waals surface area contributed by atoms with E-state index in [0.29, 0.717) is 17.7 Å². The van der Waals surface area contributed by atoms with E-state index in [1.54, 1.807) is 24.3 Å². The van der Waals surface area contributed by atoms with E-state index in [2.05, 4.69) is 0 Å². The van der Waals surface area contributed by atoms with Crippen molar-refractivity contribution in [3.8, 4) is 0 Å². The average molecular weight is 203 g/mol. The number of ketones is 1. The van der Waals surface area contributed by atoms with Crippen molar-refractivity contribution in [3.63, 3.8) is 0 Å². The molecule has 0 heterocycles. The van der Waals surface area contributed by atoms with E-state index < -0.39 is 0 Å². The molecule has 3 heteroatoms. The summed E-state index contributed by atoms with van der Waals surface area (Å²) in [5.41, 5.74) is 7.51. The summed E-state index contributed by atoms with van der Waals surface area (Å²) in [5, 5.41) is 0. The molecule has 3 nitrogen and oxygen atoms in total. The maximum atomic E-state index is 11.2. The Morgan fingerprint density at radius 1 is 1.47 bits per heavy atom. The van der Waals surface area contributed by atoms with Crippen LogP contribution in [0.4, 0.5) is 5.69 Å². The highest BCUT2D eigenvalue weighted by Crippen LogP contribution is 2.15. The number of rotatable bonds is 4. The Balaban J connectivity index is 2.97. The fraction of sp³-hybridized carbons (Fsp3) is 0.167. The second-order valence-corrected chi connectivity index (χ2v) is 3.21. The minimum atomic E-state index is -0.0573. The van der Waals surface area contributed by atoms with Crippen molar-refractivity contribution in [3.05, 3.63) is 35.4 Å². The zero-order valence-electron chi connectivity index (χ0n) is 8.57. The van der Waals surface area contributed by atoms with E-state index in [1.165, 1.54) is 6.92 Å². The lowest BCUT2D eigenvalue weighted by Crippen LogP contribution is -1.99. The third kappa shape index (κ3) is 3.06. The summed E-state index contributed by atoms with van der Waals surface area (Å²) in [6, 6.07) is 5.22. The number of aldehydes is 1. The van der Waals surface area contributed by atoms with Crippen LogP contribution in [0.5, 0.6) is 0 Å². The molecular weight excluding hydrogens is 190 g/mol. The molecule has 2 N–H and O–H groups in total. The van der Waals surface area contributed by atoms with Crippen molar-refractivity contribution in [2.45, 2.75) is 13.3 Å². The summed E-state index contributed by atoms with van der Waals surface area (Å²) in [5.74, 6) is -0.0573. The fourth-order valence-electron chi connectivity index (χ4n) is 1.24.